The van der Waals surface area contributed by atoms with Gasteiger partial charge < -0.3 is 14.6 Å². The van der Waals surface area contributed by atoms with Crippen molar-refractivity contribution < 1.29 is 17.9 Å². The Morgan fingerprint density at radius 1 is 1.33 bits per heavy atom. The van der Waals surface area contributed by atoms with Crippen LogP contribution in [0.2, 0.25) is 0 Å². The first-order chi connectivity index (χ1) is 9.86. The summed E-state index contributed by atoms with van der Waals surface area (Å²) in [5, 5.41) is 0. The lowest BCUT2D eigenvalue weighted by Crippen LogP contribution is -2.51. The summed E-state index contributed by atoms with van der Waals surface area (Å²) in [4.78, 5) is 26.6. The smallest absolute Gasteiger partial charge is 0.305 e. The first-order valence-electron chi connectivity index (χ1n) is 6.33. The quantitative estimate of drug-likeness (QED) is 0.778. The summed E-state index contributed by atoms with van der Waals surface area (Å²) in [6, 6.07) is 0. The molecule has 0 atom stereocenters. The van der Waals surface area contributed by atoms with Crippen molar-refractivity contribution in [3.05, 3.63) is 15.4 Å². The van der Waals surface area contributed by atoms with Gasteiger partial charge in [-0.2, -0.15) is 4.31 Å². The van der Waals surface area contributed by atoms with E-state index in [4.69, 9.17) is 4.74 Å². The molecule has 0 aromatic carbocycles. The van der Waals surface area contributed by atoms with Gasteiger partial charge in [-0.3, -0.25) is 9.59 Å². The second-order valence-electron chi connectivity index (χ2n) is 4.64. The fourth-order valence-electron chi connectivity index (χ4n) is 2.15. The van der Waals surface area contributed by atoms with Crippen LogP contribution in [0, 0.1) is 6.92 Å². The van der Waals surface area contributed by atoms with E-state index in [1.165, 1.54) is 11.4 Å². The van der Waals surface area contributed by atoms with Gasteiger partial charge in [-0.15, -0.1) is 0 Å². The van der Waals surface area contributed by atoms with Gasteiger partial charge in [-0.05, 0) is 6.92 Å². The minimum atomic E-state index is -3.68. The van der Waals surface area contributed by atoms with Crippen molar-refractivity contribution >= 4 is 27.3 Å². The zero-order chi connectivity index (χ0) is 15.6. The van der Waals surface area contributed by atoms with Gasteiger partial charge in [0.25, 0.3) is 10.0 Å². The predicted octanol–water partition coefficient (Wildman–Crippen LogP) is -0.776. The van der Waals surface area contributed by atoms with Gasteiger partial charge in [-0.1, -0.05) is 11.3 Å². The minimum Gasteiger partial charge on any atom is -0.375 e. The second-order valence-corrected chi connectivity index (χ2v) is 7.76. The maximum Gasteiger partial charge on any atom is 0.305 e. The summed E-state index contributed by atoms with van der Waals surface area (Å²) >= 11 is 0.689. The molecule has 1 aliphatic rings. The van der Waals surface area contributed by atoms with Gasteiger partial charge >= 0.3 is 4.87 Å². The number of thiazole rings is 1. The first-order valence-corrected chi connectivity index (χ1v) is 8.58. The third-order valence-corrected chi connectivity index (χ3v) is 6.70. The topological polar surface area (TPSA) is 99.8 Å². The van der Waals surface area contributed by atoms with Crippen molar-refractivity contribution in [2.45, 2.75) is 11.1 Å². The van der Waals surface area contributed by atoms with Crippen LogP contribution in [-0.4, -0.2) is 68.4 Å². The van der Waals surface area contributed by atoms with E-state index >= 15 is 0 Å². The number of sulfonamides is 1. The van der Waals surface area contributed by atoms with E-state index < -0.39 is 10.0 Å². The van der Waals surface area contributed by atoms with Gasteiger partial charge in [0.2, 0.25) is 5.91 Å². The number of amides is 1. The highest BCUT2D eigenvalue weighted by Gasteiger charge is 2.32. The molecule has 0 aliphatic carbocycles. The third-order valence-electron chi connectivity index (χ3n) is 3.21. The number of aromatic amines is 1. The zero-order valence-corrected chi connectivity index (χ0v) is 13.4. The molecule has 2 heterocycles. The Morgan fingerprint density at radius 3 is 2.43 bits per heavy atom. The van der Waals surface area contributed by atoms with Crippen LogP contribution in [0.5, 0.6) is 0 Å². The van der Waals surface area contributed by atoms with E-state index in [-0.39, 0.29) is 34.7 Å². The summed E-state index contributed by atoms with van der Waals surface area (Å²) in [6.45, 7) is 2.61. The number of hydrogen-bond donors (Lipinski definition) is 1. The molecule has 10 heteroatoms. The Bertz CT molecular complexity index is 670. The van der Waals surface area contributed by atoms with Crippen molar-refractivity contribution in [3.8, 4) is 0 Å². The average Bonchev–Trinajstić information content (AvgIpc) is 2.79. The molecule has 0 spiro atoms. The highest BCUT2D eigenvalue weighted by Crippen LogP contribution is 2.22. The Kier molecular flexibility index (Phi) is 4.81. The molecule has 118 valence electrons. The number of carbonyl (C=O) groups excluding carboxylic acids is 1. The van der Waals surface area contributed by atoms with Crippen LogP contribution < -0.4 is 4.87 Å². The number of nitrogens with one attached hydrogen (secondary N) is 1. The van der Waals surface area contributed by atoms with Gasteiger partial charge in [0, 0.05) is 39.0 Å². The lowest BCUT2D eigenvalue weighted by molar-refractivity contribution is -0.136. The summed E-state index contributed by atoms with van der Waals surface area (Å²) in [6.07, 6.45) is 0. The molecule has 1 aromatic rings. The van der Waals surface area contributed by atoms with Crippen molar-refractivity contribution in [2.24, 2.45) is 0 Å². The second kappa shape index (κ2) is 6.26. The SMILES string of the molecule is COCC(=O)N1CCN(S(=O)(=O)c2sc(=O)[nH]c2C)CC1. The van der Waals surface area contributed by atoms with Crippen LogP contribution in [0.4, 0.5) is 0 Å². The molecular weight excluding hydrogens is 318 g/mol. The van der Waals surface area contributed by atoms with Crippen molar-refractivity contribution in [1.29, 1.82) is 0 Å². The van der Waals surface area contributed by atoms with E-state index in [9.17, 15) is 18.0 Å². The number of aromatic nitrogens is 1. The molecule has 1 amide bonds. The lowest BCUT2D eigenvalue weighted by Gasteiger charge is -2.33. The van der Waals surface area contributed by atoms with E-state index in [1.807, 2.05) is 0 Å². The van der Waals surface area contributed by atoms with Crippen LogP contribution in [0.15, 0.2) is 9.00 Å². The Hall–Kier alpha value is -1.23. The fraction of sp³-hybridized carbons (Fsp3) is 0.636. The van der Waals surface area contributed by atoms with Gasteiger partial charge in [0.15, 0.2) is 4.21 Å². The summed E-state index contributed by atoms with van der Waals surface area (Å²) < 4.78 is 31.1. The number of H-pyrrole nitrogens is 1. The van der Waals surface area contributed by atoms with Crippen LogP contribution in [0.25, 0.3) is 0 Å². The minimum absolute atomic E-state index is 0.00865. The lowest BCUT2D eigenvalue weighted by atomic mass is 10.3. The average molecular weight is 335 g/mol. The molecule has 8 nitrogen and oxygen atoms in total. The molecule has 1 aromatic heterocycles. The van der Waals surface area contributed by atoms with E-state index in [0.29, 0.717) is 30.1 Å². The van der Waals surface area contributed by atoms with Gasteiger partial charge in [-0.25, -0.2) is 8.42 Å². The normalized spacial score (nSPS) is 17.1. The molecule has 0 radical (unpaired) electrons. The van der Waals surface area contributed by atoms with E-state index in [1.54, 1.807) is 11.8 Å². The molecule has 2 rings (SSSR count). The Balaban J connectivity index is 2.10. The number of rotatable bonds is 4. The molecule has 0 unspecified atom stereocenters. The van der Waals surface area contributed by atoms with Gasteiger partial charge in [0.05, 0.1) is 0 Å². The van der Waals surface area contributed by atoms with E-state index in [2.05, 4.69) is 4.98 Å². The van der Waals surface area contributed by atoms with Crippen LogP contribution in [0.1, 0.15) is 5.69 Å². The molecule has 0 bridgehead atoms. The highest BCUT2D eigenvalue weighted by atomic mass is 32.2. The van der Waals surface area contributed by atoms with Crippen molar-refractivity contribution in [2.75, 3.05) is 39.9 Å². The summed E-state index contributed by atoms with van der Waals surface area (Å²) in [5.74, 6) is -0.156. The Labute approximate surface area is 126 Å². The van der Waals surface area contributed by atoms with Crippen LogP contribution in [0.3, 0.4) is 0 Å². The van der Waals surface area contributed by atoms with Crippen molar-refractivity contribution in [3.63, 3.8) is 0 Å². The third kappa shape index (κ3) is 3.34. The number of carbonyl (C=O) groups is 1. The molecule has 1 saturated heterocycles. The number of hydrogen-bond acceptors (Lipinski definition) is 6. The highest BCUT2D eigenvalue weighted by molar-refractivity contribution is 7.91. The van der Waals surface area contributed by atoms with Crippen LogP contribution in [-0.2, 0) is 19.6 Å². The largest absolute Gasteiger partial charge is 0.375 e. The molecule has 0 saturated carbocycles. The maximum atomic E-state index is 12.5. The van der Waals surface area contributed by atoms with Crippen LogP contribution >= 0.6 is 11.3 Å². The zero-order valence-electron chi connectivity index (χ0n) is 11.8. The van der Waals surface area contributed by atoms with Gasteiger partial charge in [0.1, 0.15) is 6.61 Å². The molecular formula is C11H17N3O5S2. The first kappa shape index (κ1) is 16.1. The number of nitrogens with zero attached hydrogens (tertiary/aromatic N) is 2. The molecule has 1 aliphatic heterocycles. The summed E-state index contributed by atoms with van der Waals surface area (Å²) in [7, 11) is -2.24. The number of piperazine rings is 1. The maximum absolute atomic E-state index is 12.5. The standard InChI is InChI=1S/C11H17N3O5S2/c1-8-10(20-11(16)12-8)21(17,18)14-5-3-13(4-6-14)9(15)7-19-2/h3-7H2,1-2H3,(H,12,16). The molecule has 21 heavy (non-hydrogen) atoms. The predicted molar refractivity (Wildman–Crippen MR) is 76.9 cm³/mol. The summed E-state index contributed by atoms with van der Waals surface area (Å²) in [5.41, 5.74) is 0.350. The fourth-order valence-corrected chi connectivity index (χ4v) is 5.00. The van der Waals surface area contributed by atoms with Crippen molar-refractivity contribution in [1.82, 2.24) is 14.2 Å². The van der Waals surface area contributed by atoms with E-state index in [0.717, 1.165) is 0 Å². The molecule has 1 N–H and O–H groups in total. The monoisotopic (exact) mass is 335 g/mol. The number of ether oxygens (including phenoxy) is 1. The Morgan fingerprint density at radius 2 is 1.95 bits per heavy atom. The number of methoxy groups -OCH3 is 1. The molecule has 1 fully saturated rings. The number of aryl methyl sites for hydroxylation is 1.